The molecule has 0 aliphatic carbocycles. The van der Waals surface area contributed by atoms with Gasteiger partial charge in [-0.25, -0.2) is 0 Å². The number of Topliss-reactive ketones (excluding diaryl/α,β-unsaturated/α-hetero) is 1. The molecule has 0 heterocycles. The largest absolute Gasteiger partial charge is 0.306 e. The third-order valence-corrected chi connectivity index (χ3v) is 3.67. The minimum absolute atomic E-state index is 0.177. The number of hydrogen-bond acceptors (Lipinski definition) is 2. The van der Waals surface area contributed by atoms with Crippen LogP contribution >= 0.6 is 11.6 Å². The van der Waals surface area contributed by atoms with E-state index < -0.39 is 5.00 Å². The first kappa shape index (κ1) is 16.2. The first-order valence-electron chi connectivity index (χ1n) is 7.15. The van der Waals surface area contributed by atoms with Crippen LogP contribution in [-0.4, -0.2) is 10.8 Å². The van der Waals surface area contributed by atoms with Crippen molar-refractivity contribution in [3.63, 3.8) is 0 Å². The Morgan fingerprint density at radius 3 is 2.32 bits per heavy atom. The molecule has 106 valence electrons. The van der Waals surface area contributed by atoms with E-state index >= 15 is 0 Å². The molecule has 1 aromatic rings. The zero-order valence-corrected chi connectivity index (χ0v) is 12.5. The Labute approximate surface area is 121 Å². The Hall–Kier alpha value is -0.860. The van der Waals surface area contributed by atoms with Crippen LogP contribution in [0.2, 0.25) is 0 Å². The van der Waals surface area contributed by atoms with Gasteiger partial charge in [-0.3, -0.25) is 4.79 Å². The molecule has 1 rings (SSSR count). The first-order chi connectivity index (χ1) is 9.08. The molecule has 0 aromatic heterocycles. The lowest BCUT2D eigenvalue weighted by Gasteiger charge is -2.20. The molecule has 0 saturated carbocycles. The van der Waals surface area contributed by atoms with Crippen LogP contribution in [0.3, 0.4) is 0 Å². The Kier molecular flexibility index (Phi) is 7.11. The molecule has 0 fully saturated rings. The van der Waals surface area contributed by atoms with E-state index in [1.165, 1.54) is 25.7 Å². The summed E-state index contributed by atoms with van der Waals surface area (Å²) in [6, 6.07) is 9.04. The van der Waals surface area contributed by atoms with E-state index in [1.807, 2.05) is 18.2 Å². The highest BCUT2D eigenvalue weighted by atomic mass is 35.5. The Balaban J connectivity index is 2.37. The van der Waals surface area contributed by atoms with E-state index in [0.29, 0.717) is 12.0 Å². The standard InChI is InChI=1S/C16H24ClNO/c1-2-3-4-5-6-10-13-16(17,18)15(19)14-11-8-7-9-12-14/h7-9,11-12H,2-6,10,13,18H2,1H3. The van der Waals surface area contributed by atoms with Gasteiger partial charge in [-0.05, 0) is 12.8 Å². The lowest BCUT2D eigenvalue weighted by atomic mass is 9.98. The average molecular weight is 282 g/mol. The highest BCUT2D eigenvalue weighted by molar-refractivity contribution is 6.37. The van der Waals surface area contributed by atoms with Crippen LogP contribution in [0.1, 0.15) is 62.2 Å². The van der Waals surface area contributed by atoms with Crippen molar-refractivity contribution < 1.29 is 4.79 Å². The normalized spacial score (nSPS) is 14.1. The van der Waals surface area contributed by atoms with Crippen LogP contribution in [0.5, 0.6) is 0 Å². The molecule has 2 N–H and O–H groups in total. The molecule has 1 unspecified atom stereocenters. The fourth-order valence-electron chi connectivity index (χ4n) is 2.11. The molecule has 0 spiro atoms. The van der Waals surface area contributed by atoms with Gasteiger partial charge in [0.05, 0.1) is 0 Å². The van der Waals surface area contributed by atoms with Crippen molar-refractivity contribution in [2.45, 2.75) is 56.9 Å². The Morgan fingerprint density at radius 1 is 1.11 bits per heavy atom. The summed E-state index contributed by atoms with van der Waals surface area (Å²) in [5.74, 6) is -0.177. The van der Waals surface area contributed by atoms with Crippen molar-refractivity contribution in [3.05, 3.63) is 35.9 Å². The van der Waals surface area contributed by atoms with Crippen molar-refractivity contribution >= 4 is 17.4 Å². The molecular formula is C16H24ClNO. The number of rotatable bonds is 9. The van der Waals surface area contributed by atoms with Crippen molar-refractivity contribution in [1.29, 1.82) is 0 Å². The van der Waals surface area contributed by atoms with Gasteiger partial charge in [0, 0.05) is 5.56 Å². The summed E-state index contributed by atoms with van der Waals surface area (Å²) in [6.45, 7) is 2.20. The summed E-state index contributed by atoms with van der Waals surface area (Å²) < 4.78 is 0. The van der Waals surface area contributed by atoms with Gasteiger partial charge in [0.1, 0.15) is 0 Å². The lowest BCUT2D eigenvalue weighted by Crippen LogP contribution is -2.42. The molecule has 19 heavy (non-hydrogen) atoms. The van der Waals surface area contributed by atoms with Crippen LogP contribution in [0.4, 0.5) is 0 Å². The van der Waals surface area contributed by atoms with Crippen molar-refractivity contribution in [2.24, 2.45) is 5.73 Å². The van der Waals surface area contributed by atoms with Crippen molar-refractivity contribution in [1.82, 2.24) is 0 Å². The maximum absolute atomic E-state index is 12.2. The first-order valence-corrected chi connectivity index (χ1v) is 7.53. The summed E-state index contributed by atoms with van der Waals surface area (Å²) >= 11 is 6.19. The second kappa shape index (κ2) is 8.34. The van der Waals surface area contributed by atoms with E-state index in [2.05, 4.69) is 6.92 Å². The number of alkyl halides is 1. The minimum Gasteiger partial charge on any atom is -0.306 e. The zero-order valence-electron chi connectivity index (χ0n) is 11.7. The molecular weight excluding hydrogens is 258 g/mol. The van der Waals surface area contributed by atoms with Crippen LogP contribution < -0.4 is 5.73 Å². The summed E-state index contributed by atoms with van der Waals surface area (Å²) in [5.41, 5.74) is 6.54. The quantitative estimate of drug-likeness (QED) is 0.313. The number of unbranched alkanes of at least 4 members (excludes halogenated alkanes) is 5. The van der Waals surface area contributed by atoms with Gasteiger partial charge in [0.25, 0.3) is 0 Å². The number of hydrogen-bond donors (Lipinski definition) is 1. The third kappa shape index (κ3) is 5.75. The van der Waals surface area contributed by atoms with Crippen LogP contribution in [0.15, 0.2) is 30.3 Å². The monoisotopic (exact) mass is 281 g/mol. The molecule has 0 saturated heterocycles. The van der Waals surface area contributed by atoms with Crippen LogP contribution in [0.25, 0.3) is 0 Å². The molecule has 0 aliphatic rings. The van der Waals surface area contributed by atoms with Gasteiger partial charge in [-0.15, -0.1) is 0 Å². The van der Waals surface area contributed by atoms with Crippen LogP contribution in [-0.2, 0) is 0 Å². The number of halogens is 1. The molecule has 1 atom stereocenters. The summed E-state index contributed by atoms with van der Waals surface area (Å²) in [5, 5.41) is 0. The Morgan fingerprint density at radius 2 is 1.68 bits per heavy atom. The summed E-state index contributed by atoms with van der Waals surface area (Å²) in [7, 11) is 0. The fourth-order valence-corrected chi connectivity index (χ4v) is 2.35. The highest BCUT2D eigenvalue weighted by Crippen LogP contribution is 2.22. The zero-order chi connectivity index (χ0) is 14.1. The van der Waals surface area contributed by atoms with Crippen molar-refractivity contribution in [3.8, 4) is 0 Å². The number of benzene rings is 1. The number of ketones is 1. The van der Waals surface area contributed by atoms with E-state index in [4.69, 9.17) is 17.3 Å². The molecule has 0 amide bonds. The van der Waals surface area contributed by atoms with E-state index in [9.17, 15) is 4.79 Å². The van der Waals surface area contributed by atoms with Gasteiger partial charge in [-0.2, -0.15) is 0 Å². The highest BCUT2D eigenvalue weighted by Gasteiger charge is 2.31. The van der Waals surface area contributed by atoms with Crippen molar-refractivity contribution in [2.75, 3.05) is 0 Å². The topological polar surface area (TPSA) is 43.1 Å². The maximum atomic E-state index is 12.2. The summed E-state index contributed by atoms with van der Waals surface area (Å²) in [4.78, 5) is 10.9. The molecule has 1 aromatic carbocycles. The number of carbonyl (C=O) groups excluding carboxylic acids is 1. The fraction of sp³-hybridized carbons (Fsp3) is 0.562. The van der Waals surface area contributed by atoms with Gasteiger partial charge in [0.2, 0.25) is 0 Å². The third-order valence-electron chi connectivity index (χ3n) is 3.31. The number of nitrogens with two attached hydrogens (primary N) is 1. The van der Waals surface area contributed by atoms with E-state index in [0.717, 1.165) is 12.8 Å². The molecule has 0 aliphatic heterocycles. The maximum Gasteiger partial charge on any atom is 0.197 e. The van der Waals surface area contributed by atoms with E-state index in [1.54, 1.807) is 12.1 Å². The predicted molar refractivity (Wildman–Crippen MR) is 81.5 cm³/mol. The molecule has 2 nitrogen and oxygen atoms in total. The minimum atomic E-state index is -1.26. The SMILES string of the molecule is CCCCCCCCC(N)(Cl)C(=O)c1ccccc1. The predicted octanol–water partition coefficient (Wildman–Crippen LogP) is 4.51. The molecule has 0 bridgehead atoms. The Bertz CT molecular complexity index is 376. The lowest BCUT2D eigenvalue weighted by molar-refractivity contribution is 0.0933. The number of carbonyl (C=O) groups is 1. The second-order valence-corrected chi connectivity index (χ2v) is 5.75. The summed E-state index contributed by atoms with van der Waals surface area (Å²) in [6.07, 6.45) is 7.49. The molecule has 3 heteroatoms. The van der Waals surface area contributed by atoms with Crippen LogP contribution in [0, 0.1) is 0 Å². The van der Waals surface area contributed by atoms with E-state index in [-0.39, 0.29) is 5.78 Å². The molecule has 0 radical (unpaired) electrons. The average Bonchev–Trinajstić information content (AvgIpc) is 2.43. The van der Waals surface area contributed by atoms with Gasteiger partial charge >= 0.3 is 0 Å². The second-order valence-electron chi connectivity index (χ2n) is 5.08. The van der Waals surface area contributed by atoms with Gasteiger partial charge < -0.3 is 5.73 Å². The smallest absolute Gasteiger partial charge is 0.197 e. The van der Waals surface area contributed by atoms with Gasteiger partial charge in [0.15, 0.2) is 10.8 Å². The van der Waals surface area contributed by atoms with Gasteiger partial charge in [-0.1, -0.05) is 81.0 Å².